The summed E-state index contributed by atoms with van der Waals surface area (Å²) in [6.45, 7) is 1.39. The first-order valence-electron chi connectivity index (χ1n) is 10.00. The van der Waals surface area contributed by atoms with E-state index in [1.807, 2.05) is 0 Å². The molecular weight excluding hydrogens is 451 g/mol. The van der Waals surface area contributed by atoms with E-state index in [1.165, 1.54) is 20.4 Å². The van der Waals surface area contributed by atoms with E-state index in [-0.39, 0.29) is 12.4 Å². The second-order valence-electron chi connectivity index (χ2n) is 7.10. The molecule has 0 amide bonds. The Bertz CT molecular complexity index is 1200. The van der Waals surface area contributed by atoms with Crippen molar-refractivity contribution < 1.29 is 27.9 Å². The van der Waals surface area contributed by atoms with Crippen LogP contribution in [0.25, 0.3) is 11.2 Å². The number of hydrogen-bond acceptors (Lipinski definition) is 10. The molecule has 33 heavy (non-hydrogen) atoms. The van der Waals surface area contributed by atoms with Gasteiger partial charge in [0.1, 0.15) is 29.7 Å². The van der Waals surface area contributed by atoms with Gasteiger partial charge in [-0.25, -0.2) is 19.5 Å². The Labute approximate surface area is 189 Å². The highest BCUT2D eigenvalue weighted by atomic mass is 31.2. The molecule has 0 saturated carbocycles. The number of nitrogens with two attached hydrogens (primary N) is 1. The van der Waals surface area contributed by atoms with Crippen LogP contribution in [0.15, 0.2) is 55.1 Å². The smallest absolute Gasteiger partial charge is 0.459 e. The van der Waals surface area contributed by atoms with Crippen molar-refractivity contribution >= 4 is 30.7 Å². The molecule has 0 bridgehead atoms. The predicted octanol–water partition coefficient (Wildman–Crippen LogP) is 2.22. The number of rotatable bonds is 9. The summed E-state index contributed by atoms with van der Waals surface area (Å²) in [5, 5.41) is 2.60. The Morgan fingerprint density at radius 2 is 2.06 bits per heavy atom. The second-order valence-corrected chi connectivity index (χ2v) is 8.80. The summed E-state index contributed by atoms with van der Waals surface area (Å²) in [4.78, 5) is 24.2. The summed E-state index contributed by atoms with van der Waals surface area (Å²) in [6.07, 6.45) is 5.39. The standard InChI is InChI=1S/C20H23N6O6P/c1-13(20(27)29-2)25-33(28,32-14-6-4-3-5-7-14)30-10-15-8-9-16(31-15)26-12-24-17-18(21)22-11-23-19(17)26/h3-9,11-13,15-16H,10H2,1-2H3,(H,25,28)(H2,21,22,23)/t13?,15-,16+,33?/m0/s1. The van der Waals surface area contributed by atoms with E-state index in [1.54, 1.807) is 53.4 Å². The maximum Gasteiger partial charge on any atom is 0.459 e. The summed E-state index contributed by atoms with van der Waals surface area (Å²) < 4.78 is 37.0. The van der Waals surface area contributed by atoms with Gasteiger partial charge in [0.2, 0.25) is 0 Å². The van der Waals surface area contributed by atoms with Gasteiger partial charge in [0.25, 0.3) is 0 Å². The van der Waals surface area contributed by atoms with Gasteiger partial charge in [-0.1, -0.05) is 24.3 Å². The Morgan fingerprint density at radius 1 is 1.27 bits per heavy atom. The minimum atomic E-state index is -3.96. The molecule has 13 heteroatoms. The first kappa shape index (κ1) is 22.9. The molecule has 1 aliphatic rings. The average Bonchev–Trinajstić information content (AvgIpc) is 3.45. The molecule has 0 spiro atoms. The number of carbonyl (C=O) groups is 1. The van der Waals surface area contributed by atoms with Crippen LogP contribution in [0.4, 0.5) is 5.82 Å². The van der Waals surface area contributed by atoms with Gasteiger partial charge in [-0.2, -0.15) is 5.09 Å². The molecule has 3 aromatic rings. The van der Waals surface area contributed by atoms with Crippen LogP contribution in [-0.4, -0.2) is 51.4 Å². The third-order valence-corrected chi connectivity index (χ3v) is 6.39. The zero-order valence-corrected chi connectivity index (χ0v) is 18.8. The molecule has 0 radical (unpaired) electrons. The van der Waals surface area contributed by atoms with Gasteiger partial charge in [0.05, 0.1) is 20.0 Å². The molecule has 2 aromatic heterocycles. The zero-order valence-electron chi connectivity index (χ0n) is 17.9. The largest absolute Gasteiger partial charge is 0.468 e. The number of aromatic nitrogens is 4. The van der Waals surface area contributed by atoms with Crippen LogP contribution in [-0.2, 0) is 23.4 Å². The molecule has 12 nitrogen and oxygen atoms in total. The number of imidazole rings is 1. The predicted molar refractivity (Wildman–Crippen MR) is 118 cm³/mol. The van der Waals surface area contributed by atoms with Crippen molar-refractivity contribution in [2.24, 2.45) is 0 Å². The van der Waals surface area contributed by atoms with Gasteiger partial charge in [-0.15, -0.1) is 0 Å². The summed E-state index contributed by atoms with van der Waals surface area (Å²) in [7, 11) is -2.73. The Balaban J connectivity index is 1.44. The molecule has 0 saturated heterocycles. The van der Waals surface area contributed by atoms with Crippen molar-refractivity contribution in [3.8, 4) is 5.75 Å². The monoisotopic (exact) mass is 474 g/mol. The molecule has 1 aliphatic heterocycles. The van der Waals surface area contributed by atoms with Crippen LogP contribution in [0.3, 0.4) is 0 Å². The number of hydrogen-bond donors (Lipinski definition) is 2. The van der Waals surface area contributed by atoms with Crippen LogP contribution >= 0.6 is 7.75 Å². The number of ether oxygens (including phenoxy) is 2. The van der Waals surface area contributed by atoms with Gasteiger partial charge in [0.15, 0.2) is 17.7 Å². The fourth-order valence-corrected chi connectivity index (χ4v) is 4.65. The SMILES string of the molecule is COC(=O)C(C)NP(=O)(OC[C@@H]1C=C[C@H](n2cnc3c(N)ncnc32)O1)Oc1ccccc1. The maximum absolute atomic E-state index is 13.4. The molecule has 1 aromatic carbocycles. The van der Waals surface area contributed by atoms with Crippen LogP contribution in [0, 0.1) is 0 Å². The van der Waals surface area contributed by atoms with Crippen LogP contribution in [0.2, 0.25) is 0 Å². The topological polar surface area (TPSA) is 153 Å². The number of nitrogens with one attached hydrogen (secondary N) is 1. The van der Waals surface area contributed by atoms with Crippen LogP contribution in [0.5, 0.6) is 5.75 Å². The van der Waals surface area contributed by atoms with Gasteiger partial charge in [0, 0.05) is 0 Å². The fraction of sp³-hybridized carbons (Fsp3) is 0.300. The third kappa shape index (κ3) is 5.20. The van der Waals surface area contributed by atoms with E-state index in [9.17, 15) is 9.36 Å². The van der Waals surface area contributed by atoms with Crippen molar-refractivity contribution in [3.05, 3.63) is 55.1 Å². The van der Waals surface area contributed by atoms with Gasteiger partial charge in [-0.3, -0.25) is 13.9 Å². The van der Waals surface area contributed by atoms with Crippen molar-refractivity contribution in [2.75, 3.05) is 19.5 Å². The lowest BCUT2D eigenvalue weighted by molar-refractivity contribution is -0.142. The molecule has 3 heterocycles. The van der Waals surface area contributed by atoms with E-state index in [0.29, 0.717) is 16.9 Å². The highest BCUT2D eigenvalue weighted by Gasteiger charge is 2.34. The number of fused-ring (bicyclic) bond motifs is 1. The van der Waals surface area contributed by atoms with E-state index < -0.39 is 32.1 Å². The lowest BCUT2D eigenvalue weighted by atomic mass is 10.3. The minimum Gasteiger partial charge on any atom is -0.468 e. The van der Waals surface area contributed by atoms with Crippen molar-refractivity contribution in [3.63, 3.8) is 0 Å². The summed E-state index contributed by atoms with van der Waals surface area (Å²) in [6, 6.07) is 7.56. The van der Waals surface area contributed by atoms with Gasteiger partial charge < -0.3 is 19.7 Å². The quantitative estimate of drug-likeness (QED) is 0.267. The summed E-state index contributed by atoms with van der Waals surface area (Å²) in [5.74, 6) is -0.0282. The fourth-order valence-electron chi connectivity index (χ4n) is 3.15. The highest BCUT2D eigenvalue weighted by Crippen LogP contribution is 2.45. The third-order valence-electron chi connectivity index (χ3n) is 4.75. The lowest BCUT2D eigenvalue weighted by Crippen LogP contribution is -2.35. The molecule has 4 atom stereocenters. The van der Waals surface area contributed by atoms with Crippen LogP contribution in [0.1, 0.15) is 13.2 Å². The number of nitrogen functional groups attached to an aromatic ring is 1. The summed E-state index contributed by atoms with van der Waals surface area (Å²) >= 11 is 0. The molecule has 0 aliphatic carbocycles. The second kappa shape index (κ2) is 9.67. The number of carbonyl (C=O) groups excluding carboxylic acids is 1. The molecule has 0 fully saturated rings. The molecular formula is C20H23N6O6P. The number of nitrogens with zero attached hydrogens (tertiary/aromatic N) is 4. The van der Waals surface area contributed by atoms with Gasteiger partial charge in [-0.05, 0) is 25.1 Å². The number of methoxy groups -OCH3 is 1. The number of benzene rings is 1. The van der Waals surface area contributed by atoms with Gasteiger partial charge >= 0.3 is 13.7 Å². The van der Waals surface area contributed by atoms with E-state index in [2.05, 4.69) is 24.8 Å². The number of esters is 1. The average molecular weight is 474 g/mol. The number of para-hydroxylation sites is 1. The molecule has 4 rings (SSSR count). The highest BCUT2D eigenvalue weighted by molar-refractivity contribution is 7.52. The molecule has 174 valence electrons. The Hall–Kier alpha value is -3.31. The minimum absolute atomic E-state index is 0.109. The van der Waals surface area contributed by atoms with Crippen LogP contribution < -0.4 is 15.3 Å². The zero-order chi connectivity index (χ0) is 23.4. The van der Waals surface area contributed by atoms with Crippen molar-refractivity contribution in [2.45, 2.75) is 25.3 Å². The Morgan fingerprint density at radius 3 is 2.82 bits per heavy atom. The number of anilines is 1. The lowest BCUT2D eigenvalue weighted by Gasteiger charge is -2.24. The van der Waals surface area contributed by atoms with Crippen molar-refractivity contribution in [1.82, 2.24) is 24.6 Å². The first-order valence-corrected chi connectivity index (χ1v) is 11.5. The molecule has 3 N–H and O–H groups in total. The maximum atomic E-state index is 13.4. The van der Waals surface area contributed by atoms with Crippen molar-refractivity contribution in [1.29, 1.82) is 0 Å². The Kier molecular flexibility index (Phi) is 6.70. The summed E-state index contributed by atoms with van der Waals surface area (Å²) in [5.41, 5.74) is 6.82. The van der Waals surface area contributed by atoms with E-state index >= 15 is 0 Å². The molecule has 2 unspecified atom stereocenters. The normalized spacial score (nSPS) is 20.4. The first-order chi connectivity index (χ1) is 15.9. The van der Waals surface area contributed by atoms with E-state index in [4.69, 9.17) is 19.5 Å². The van der Waals surface area contributed by atoms with E-state index in [0.717, 1.165) is 0 Å².